The fourth-order valence-corrected chi connectivity index (χ4v) is 3.73. The van der Waals surface area contributed by atoms with Gasteiger partial charge in [0.2, 0.25) is 10.0 Å². The summed E-state index contributed by atoms with van der Waals surface area (Å²) in [5.41, 5.74) is 3.46. The molecule has 1 amide bonds. The number of carbonyl (C=O) groups excluding carboxylic acids is 1. The van der Waals surface area contributed by atoms with Crippen molar-refractivity contribution in [2.45, 2.75) is 32.2 Å². The molecule has 5 nitrogen and oxygen atoms in total. The van der Waals surface area contributed by atoms with Crippen LogP contribution in [0.25, 0.3) is 0 Å². The SMILES string of the molecule is CCS(=O)(=O)Nc1ccc(C(=O)NC2CCCc3ccccc32)cc1. The van der Waals surface area contributed by atoms with Crippen LogP contribution in [0.1, 0.15) is 47.3 Å². The second kappa shape index (κ2) is 7.27. The molecular weight excluding hydrogens is 336 g/mol. The zero-order valence-electron chi connectivity index (χ0n) is 14.2. The van der Waals surface area contributed by atoms with Crippen LogP contribution in [0.15, 0.2) is 48.5 Å². The number of carbonyl (C=O) groups is 1. The van der Waals surface area contributed by atoms with Gasteiger partial charge in [-0.05, 0) is 61.6 Å². The molecule has 132 valence electrons. The van der Waals surface area contributed by atoms with Crippen LogP contribution in [-0.4, -0.2) is 20.1 Å². The van der Waals surface area contributed by atoms with Gasteiger partial charge in [0.15, 0.2) is 0 Å². The van der Waals surface area contributed by atoms with Crippen LogP contribution in [-0.2, 0) is 16.4 Å². The Morgan fingerprint density at radius 3 is 2.56 bits per heavy atom. The zero-order chi connectivity index (χ0) is 17.9. The van der Waals surface area contributed by atoms with E-state index in [-0.39, 0.29) is 17.7 Å². The normalized spacial score (nSPS) is 16.8. The number of nitrogens with one attached hydrogen (secondary N) is 2. The van der Waals surface area contributed by atoms with Crippen LogP contribution in [0, 0.1) is 0 Å². The van der Waals surface area contributed by atoms with E-state index in [1.165, 1.54) is 11.1 Å². The summed E-state index contributed by atoms with van der Waals surface area (Å²) < 4.78 is 25.6. The maximum absolute atomic E-state index is 12.5. The van der Waals surface area contributed by atoms with Gasteiger partial charge < -0.3 is 5.32 Å². The number of fused-ring (bicyclic) bond motifs is 1. The fourth-order valence-electron chi connectivity index (χ4n) is 3.09. The molecule has 25 heavy (non-hydrogen) atoms. The summed E-state index contributed by atoms with van der Waals surface area (Å²) in [4.78, 5) is 12.5. The summed E-state index contributed by atoms with van der Waals surface area (Å²) >= 11 is 0. The third kappa shape index (κ3) is 4.20. The van der Waals surface area contributed by atoms with E-state index in [2.05, 4.69) is 22.2 Å². The Balaban J connectivity index is 1.70. The molecule has 0 radical (unpaired) electrons. The highest BCUT2D eigenvalue weighted by Gasteiger charge is 2.21. The van der Waals surface area contributed by atoms with E-state index in [0.717, 1.165) is 19.3 Å². The summed E-state index contributed by atoms with van der Waals surface area (Å²) in [7, 11) is -3.31. The van der Waals surface area contributed by atoms with Gasteiger partial charge in [-0.2, -0.15) is 0 Å². The van der Waals surface area contributed by atoms with Crippen molar-refractivity contribution in [1.82, 2.24) is 5.32 Å². The van der Waals surface area contributed by atoms with Crippen molar-refractivity contribution in [2.75, 3.05) is 10.5 Å². The molecular formula is C19H22N2O3S. The maximum Gasteiger partial charge on any atom is 0.251 e. The smallest absolute Gasteiger partial charge is 0.251 e. The molecule has 1 atom stereocenters. The maximum atomic E-state index is 12.5. The van der Waals surface area contributed by atoms with Gasteiger partial charge in [-0.15, -0.1) is 0 Å². The molecule has 1 aliphatic carbocycles. The number of aryl methyl sites for hydroxylation is 1. The van der Waals surface area contributed by atoms with Crippen molar-refractivity contribution in [3.05, 3.63) is 65.2 Å². The number of anilines is 1. The second-order valence-corrected chi connectivity index (χ2v) is 8.21. The monoisotopic (exact) mass is 358 g/mol. The Labute approximate surface area is 148 Å². The van der Waals surface area contributed by atoms with E-state index in [9.17, 15) is 13.2 Å². The Hall–Kier alpha value is -2.34. The molecule has 0 bridgehead atoms. The summed E-state index contributed by atoms with van der Waals surface area (Å²) in [5.74, 6) is -0.136. The van der Waals surface area contributed by atoms with Crippen LogP contribution in [0.2, 0.25) is 0 Å². The van der Waals surface area contributed by atoms with Crippen LogP contribution in [0.4, 0.5) is 5.69 Å². The van der Waals surface area contributed by atoms with E-state index in [1.54, 1.807) is 31.2 Å². The Morgan fingerprint density at radius 2 is 1.84 bits per heavy atom. The van der Waals surface area contributed by atoms with Crippen LogP contribution in [0.5, 0.6) is 0 Å². The Morgan fingerprint density at radius 1 is 1.12 bits per heavy atom. The zero-order valence-corrected chi connectivity index (χ0v) is 15.0. The molecule has 0 aromatic heterocycles. The lowest BCUT2D eigenvalue weighted by molar-refractivity contribution is 0.0933. The highest BCUT2D eigenvalue weighted by Crippen LogP contribution is 2.29. The van der Waals surface area contributed by atoms with Crippen molar-refractivity contribution in [3.8, 4) is 0 Å². The summed E-state index contributed by atoms with van der Waals surface area (Å²) in [5, 5.41) is 3.09. The average molecular weight is 358 g/mol. The largest absolute Gasteiger partial charge is 0.345 e. The molecule has 1 aliphatic rings. The van der Waals surface area contributed by atoms with Gasteiger partial charge in [-0.25, -0.2) is 8.42 Å². The molecule has 0 saturated heterocycles. The van der Waals surface area contributed by atoms with Crippen molar-refractivity contribution < 1.29 is 13.2 Å². The van der Waals surface area contributed by atoms with Crippen molar-refractivity contribution >= 4 is 21.6 Å². The lowest BCUT2D eigenvalue weighted by Crippen LogP contribution is -2.30. The average Bonchev–Trinajstić information content (AvgIpc) is 2.62. The first-order chi connectivity index (χ1) is 12.0. The highest BCUT2D eigenvalue weighted by atomic mass is 32.2. The fraction of sp³-hybridized carbons (Fsp3) is 0.316. The molecule has 3 rings (SSSR count). The molecule has 6 heteroatoms. The predicted octanol–water partition coefficient (Wildman–Crippen LogP) is 3.26. The number of sulfonamides is 1. The number of hydrogen-bond acceptors (Lipinski definition) is 3. The molecule has 2 aromatic carbocycles. The molecule has 1 unspecified atom stereocenters. The van der Waals surface area contributed by atoms with E-state index < -0.39 is 10.0 Å². The van der Waals surface area contributed by atoms with Gasteiger partial charge >= 0.3 is 0 Å². The number of benzene rings is 2. The third-order valence-electron chi connectivity index (χ3n) is 4.48. The third-order valence-corrected chi connectivity index (χ3v) is 5.78. The van der Waals surface area contributed by atoms with Gasteiger partial charge in [0.1, 0.15) is 0 Å². The summed E-state index contributed by atoms with van der Waals surface area (Å²) in [6, 6.07) is 14.7. The molecule has 2 aromatic rings. The van der Waals surface area contributed by atoms with Crippen LogP contribution >= 0.6 is 0 Å². The predicted molar refractivity (Wildman–Crippen MR) is 99.1 cm³/mol. The Bertz CT molecular complexity index is 860. The van der Waals surface area contributed by atoms with E-state index in [1.807, 2.05) is 12.1 Å². The number of hydrogen-bond donors (Lipinski definition) is 2. The molecule has 0 spiro atoms. The van der Waals surface area contributed by atoms with Gasteiger partial charge in [0, 0.05) is 11.3 Å². The van der Waals surface area contributed by atoms with Gasteiger partial charge in [0.25, 0.3) is 5.91 Å². The molecule has 0 aliphatic heterocycles. The first-order valence-corrected chi connectivity index (χ1v) is 10.1. The lowest BCUT2D eigenvalue weighted by atomic mass is 9.87. The minimum absolute atomic E-state index is 0.0102. The van der Waals surface area contributed by atoms with Gasteiger partial charge in [-0.3, -0.25) is 9.52 Å². The summed E-state index contributed by atoms with van der Waals surface area (Å²) in [6.45, 7) is 1.58. The first kappa shape index (κ1) is 17.5. The van der Waals surface area contributed by atoms with Gasteiger partial charge in [-0.1, -0.05) is 24.3 Å². The number of rotatable bonds is 5. The molecule has 2 N–H and O–H groups in total. The minimum Gasteiger partial charge on any atom is -0.345 e. The highest BCUT2D eigenvalue weighted by molar-refractivity contribution is 7.92. The summed E-state index contributed by atoms with van der Waals surface area (Å²) in [6.07, 6.45) is 3.03. The van der Waals surface area contributed by atoms with E-state index in [4.69, 9.17) is 0 Å². The van der Waals surface area contributed by atoms with E-state index in [0.29, 0.717) is 11.3 Å². The lowest BCUT2D eigenvalue weighted by Gasteiger charge is -2.26. The quantitative estimate of drug-likeness (QED) is 0.861. The van der Waals surface area contributed by atoms with Crippen molar-refractivity contribution in [3.63, 3.8) is 0 Å². The molecule has 0 saturated carbocycles. The Kier molecular flexibility index (Phi) is 5.08. The van der Waals surface area contributed by atoms with Crippen molar-refractivity contribution in [1.29, 1.82) is 0 Å². The van der Waals surface area contributed by atoms with Crippen molar-refractivity contribution in [2.24, 2.45) is 0 Å². The second-order valence-electron chi connectivity index (χ2n) is 6.20. The molecule has 0 heterocycles. The van der Waals surface area contributed by atoms with Gasteiger partial charge in [0.05, 0.1) is 11.8 Å². The topological polar surface area (TPSA) is 75.3 Å². The number of amides is 1. The first-order valence-electron chi connectivity index (χ1n) is 8.48. The molecule has 0 fully saturated rings. The van der Waals surface area contributed by atoms with Crippen LogP contribution < -0.4 is 10.0 Å². The minimum atomic E-state index is -3.31. The van der Waals surface area contributed by atoms with E-state index >= 15 is 0 Å². The standard InChI is InChI=1S/C19H22N2O3S/c1-2-25(23,24)21-16-12-10-15(11-13-16)19(22)20-18-9-5-7-14-6-3-4-8-17(14)18/h3-4,6,8,10-13,18,21H,2,5,7,9H2,1H3,(H,20,22). The van der Waals surface area contributed by atoms with Crippen LogP contribution in [0.3, 0.4) is 0 Å².